The normalized spacial score (nSPS) is 14.8. The van der Waals surface area contributed by atoms with Crippen LogP contribution in [0.25, 0.3) is 0 Å². The van der Waals surface area contributed by atoms with Crippen LogP contribution in [0.15, 0.2) is 0 Å². The molecule has 6 N–H and O–H groups in total. The Bertz CT molecular complexity index is 114. The molecule has 0 aliphatic rings. The van der Waals surface area contributed by atoms with E-state index in [4.69, 9.17) is 17.2 Å². The number of carbonyl (C=O) groups excluding carboxylic acids is 1. The lowest BCUT2D eigenvalue weighted by Crippen LogP contribution is -2.63. The average Bonchev–Trinajstić information content (AvgIpc) is 1.89. The average molecular weight is 145 g/mol. The van der Waals surface area contributed by atoms with E-state index >= 15 is 0 Å². The minimum Gasteiger partial charge on any atom is -0.325 e. The van der Waals surface area contributed by atoms with Gasteiger partial charge in [0, 0.05) is 6.04 Å². The Labute approximate surface area is 60.7 Å². The monoisotopic (exact) mass is 145 g/mol. The number of hydrogen-bond acceptors (Lipinski definition) is 4. The van der Waals surface area contributed by atoms with E-state index in [0.717, 1.165) is 6.42 Å². The lowest BCUT2D eigenvalue weighted by molar-refractivity contribution is -0.112. The Kier molecular flexibility index (Phi) is 3.49. The van der Waals surface area contributed by atoms with E-state index in [-0.39, 0.29) is 0 Å². The van der Waals surface area contributed by atoms with Gasteiger partial charge in [0.1, 0.15) is 5.66 Å². The largest absolute Gasteiger partial charge is 0.325 e. The van der Waals surface area contributed by atoms with Crippen LogP contribution in [-0.4, -0.2) is 18.0 Å². The van der Waals surface area contributed by atoms with Gasteiger partial charge < -0.3 is 17.2 Å². The van der Waals surface area contributed by atoms with Gasteiger partial charge in [-0.3, -0.25) is 4.79 Å². The van der Waals surface area contributed by atoms with Crippen molar-refractivity contribution < 1.29 is 4.79 Å². The zero-order valence-electron chi connectivity index (χ0n) is 6.21. The van der Waals surface area contributed by atoms with Gasteiger partial charge >= 0.3 is 0 Å². The molecule has 0 saturated heterocycles. The zero-order chi connectivity index (χ0) is 8.20. The van der Waals surface area contributed by atoms with Gasteiger partial charge in [0.2, 0.25) is 0 Å². The van der Waals surface area contributed by atoms with Crippen LogP contribution in [-0.2, 0) is 4.79 Å². The van der Waals surface area contributed by atoms with Crippen LogP contribution in [0.5, 0.6) is 0 Å². The van der Waals surface area contributed by atoms with Crippen molar-refractivity contribution in [1.82, 2.24) is 0 Å². The van der Waals surface area contributed by atoms with Gasteiger partial charge in [-0.05, 0) is 6.42 Å². The number of hydrogen-bond donors (Lipinski definition) is 3. The summed E-state index contributed by atoms with van der Waals surface area (Å²) in [5.74, 6) is 0. The molecule has 1 unspecified atom stereocenters. The number of rotatable bonds is 4. The highest BCUT2D eigenvalue weighted by molar-refractivity contribution is 5.63. The van der Waals surface area contributed by atoms with Gasteiger partial charge in [-0.25, -0.2) is 0 Å². The molecule has 4 heteroatoms. The van der Waals surface area contributed by atoms with Crippen molar-refractivity contribution in [2.24, 2.45) is 17.2 Å². The second-order valence-corrected chi connectivity index (χ2v) is 2.51. The van der Waals surface area contributed by atoms with Crippen molar-refractivity contribution in [2.45, 2.75) is 31.5 Å². The molecule has 1 atom stereocenters. The van der Waals surface area contributed by atoms with E-state index in [1.165, 1.54) is 0 Å². The second kappa shape index (κ2) is 3.65. The first-order valence-corrected chi connectivity index (χ1v) is 3.34. The summed E-state index contributed by atoms with van der Waals surface area (Å²) in [6.45, 7) is 1.96. The maximum Gasteiger partial charge on any atom is 0.155 e. The number of nitrogens with two attached hydrogens (primary N) is 3. The molecule has 0 radical (unpaired) electrons. The summed E-state index contributed by atoms with van der Waals surface area (Å²) >= 11 is 0. The fourth-order valence-corrected chi connectivity index (χ4v) is 0.648. The first-order valence-electron chi connectivity index (χ1n) is 3.34. The summed E-state index contributed by atoms with van der Waals surface area (Å²) < 4.78 is 0. The summed E-state index contributed by atoms with van der Waals surface area (Å²) in [7, 11) is 0. The van der Waals surface area contributed by atoms with E-state index < -0.39 is 11.7 Å². The van der Waals surface area contributed by atoms with Gasteiger partial charge in [0.15, 0.2) is 6.29 Å². The Morgan fingerprint density at radius 2 is 2.10 bits per heavy atom. The van der Waals surface area contributed by atoms with Gasteiger partial charge in [0.05, 0.1) is 0 Å². The van der Waals surface area contributed by atoms with Crippen LogP contribution < -0.4 is 17.2 Å². The summed E-state index contributed by atoms with van der Waals surface area (Å²) in [4.78, 5) is 10.2. The standard InChI is InChI=1S/C6H15N3O/c1-2-3-5(7)6(8,9)4-10/h4-5H,2-3,7-9H2,1H3. The predicted octanol–water partition coefficient (Wildman–Crippen LogP) is -1.07. The van der Waals surface area contributed by atoms with E-state index in [0.29, 0.717) is 12.7 Å². The minimum absolute atomic E-state index is 0.435. The maximum absolute atomic E-state index is 10.2. The lowest BCUT2D eigenvalue weighted by atomic mass is 10.0. The molecule has 10 heavy (non-hydrogen) atoms. The Balaban J connectivity index is 3.90. The maximum atomic E-state index is 10.2. The summed E-state index contributed by atoms with van der Waals surface area (Å²) in [5.41, 5.74) is 14.8. The van der Waals surface area contributed by atoms with Crippen LogP contribution in [0, 0.1) is 0 Å². The molecule has 0 aromatic carbocycles. The molecule has 0 aromatic heterocycles. The Morgan fingerprint density at radius 3 is 2.40 bits per heavy atom. The Hall–Kier alpha value is -0.450. The predicted molar refractivity (Wildman–Crippen MR) is 40.1 cm³/mol. The molecular weight excluding hydrogens is 130 g/mol. The van der Waals surface area contributed by atoms with E-state index in [1.807, 2.05) is 6.92 Å². The summed E-state index contributed by atoms with van der Waals surface area (Å²) in [5, 5.41) is 0. The third-order valence-electron chi connectivity index (χ3n) is 1.45. The van der Waals surface area contributed by atoms with Crippen molar-refractivity contribution in [3.8, 4) is 0 Å². The molecule has 0 spiro atoms. The topological polar surface area (TPSA) is 95.1 Å². The summed E-state index contributed by atoms with van der Waals surface area (Å²) in [6, 6.07) is -0.435. The van der Waals surface area contributed by atoms with Crippen LogP contribution in [0.4, 0.5) is 0 Å². The van der Waals surface area contributed by atoms with Crippen molar-refractivity contribution >= 4 is 6.29 Å². The smallest absolute Gasteiger partial charge is 0.155 e. The minimum atomic E-state index is -1.35. The number of carbonyl (C=O) groups is 1. The first-order chi connectivity index (χ1) is 4.54. The van der Waals surface area contributed by atoms with Gasteiger partial charge in [0.25, 0.3) is 0 Å². The van der Waals surface area contributed by atoms with Gasteiger partial charge in [-0.1, -0.05) is 13.3 Å². The van der Waals surface area contributed by atoms with Crippen LogP contribution in [0.1, 0.15) is 19.8 Å². The molecule has 0 fully saturated rings. The van der Waals surface area contributed by atoms with Crippen LogP contribution in [0.2, 0.25) is 0 Å². The third kappa shape index (κ3) is 2.43. The fourth-order valence-electron chi connectivity index (χ4n) is 0.648. The lowest BCUT2D eigenvalue weighted by Gasteiger charge is -2.24. The van der Waals surface area contributed by atoms with Crippen LogP contribution >= 0.6 is 0 Å². The highest BCUT2D eigenvalue weighted by Crippen LogP contribution is 2.00. The molecule has 0 heterocycles. The first kappa shape index (κ1) is 9.55. The highest BCUT2D eigenvalue weighted by Gasteiger charge is 2.25. The molecule has 4 nitrogen and oxygen atoms in total. The van der Waals surface area contributed by atoms with Crippen molar-refractivity contribution in [3.05, 3.63) is 0 Å². The SMILES string of the molecule is CCCC(N)C(N)(N)C=O. The van der Waals surface area contributed by atoms with Crippen molar-refractivity contribution in [2.75, 3.05) is 0 Å². The summed E-state index contributed by atoms with van der Waals surface area (Å²) in [6.07, 6.45) is 2.05. The van der Waals surface area contributed by atoms with Gasteiger partial charge in [-0.2, -0.15) is 0 Å². The molecule has 0 rings (SSSR count). The third-order valence-corrected chi connectivity index (χ3v) is 1.45. The number of aldehydes is 1. The molecule has 0 aromatic rings. The van der Waals surface area contributed by atoms with Crippen LogP contribution in [0.3, 0.4) is 0 Å². The van der Waals surface area contributed by atoms with E-state index in [9.17, 15) is 4.79 Å². The molecule has 0 aliphatic carbocycles. The van der Waals surface area contributed by atoms with Gasteiger partial charge in [-0.15, -0.1) is 0 Å². The molecule has 0 bridgehead atoms. The Morgan fingerprint density at radius 1 is 1.60 bits per heavy atom. The highest BCUT2D eigenvalue weighted by atomic mass is 16.1. The molecule has 0 aliphatic heterocycles. The zero-order valence-corrected chi connectivity index (χ0v) is 6.21. The fraction of sp³-hybridized carbons (Fsp3) is 0.833. The van der Waals surface area contributed by atoms with Crippen molar-refractivity contribution in [1.29, 1.82) is 0 Å². The second-order valence-electron chi connectivity index (χ2n) is 2.51. The molecule has 60 valence electrons. The van der Waals surface area contributed by atoms with E-state index in [1.54, 1.807) is 0 Å². The molecule has 0 amide bonds. The quantitative estimate of drug-likeness (QED) is 0.346. The van der Waals surface area contributed by atoms with Crippen molar-refractivity contribution in [3.63, 3.8) is 0 Å². The molecular formula is C6H15N3O. The molecule has 0 saturated carbocycles. The van der Waals surface area contributed by atoms with E-state index in [2.05, 4.69) is 0 Å².